The molecule has 3 aromatic heterocycles. The number of alkyl carbamates (subject to hydrolysis) is 1. The Labute approximate surface area is 213 Å². The van der Waals surface area contributed by atoms with Gasteiger partial charge in [0.1, 0.15) is 22.0 Å². The molecule has 0 aliphatic rings. The normalized spacial score (nSPS) is 12.8. The Balaban J connectivity index is 1.82. The number of furan rings is 1. The number of alkyl halides is 2. The number of anilines is 1. The van der Waals surface area contributed by atoms with Crippen LogP contribution >= 0.6 is 38.9 Å². The summed E-state index contributed by atoms with van der Waals surface area (Å²) in [4.78, 5) is 17.8. The summed E-state index contributed by atoms with van der Waals surface area (Å²) in [5.41, 5.74) is 0.949. The number of hydrogen-bond donors (Lipinski definition) is 2. The quantitative estimate of drug-likeness (QED) is 0.252. The van der Waals surface area contributed by atoms with E-state index in [1.54, 1.807) is 38.2 Å². The van der Waals surface area contributed by atoms with Crippen LogP contribution in [-0.4, -0.2) is 35.9 Å². The van der Waals surface area contributed by atoms with E-state index in [-0.39, 0.29) is 24.6 Å². The van der Waals surface area contributed by atoms with E-state index in [0.717, 1.165) is 4.88 Å². The summed E-state index contributed by atoms with van der Waals surface area (Å²) in [7, 11) is 0. The first kappa shape index (κ1) is 26.7. The Morgan fingerprint density at radius 1 is 1.38 bits per heavy atom. The summed E-state index contributed by atoms with van der Waals surface area (Å²) in [5.74, 6) is 0.474. The lowest BCUT2D eigenvalue weighted by atomic mass is 10.1. The van der Waals surface area contributed by atoms with Gasteiger partial charge in [-0.05, 0) is 54.6 Å². The van der Waals surface area contributed by atoms with Gasteiger partial charge >= 0.3 is 12.7 Å². The fourth-order valence-electron chi connectivity index (χ4n) is 3.13. The molecule has 0 unspecified atom stereocenters. The molecule has 1 amide bonds. The third-order valence-corrected chi connectivity index (χ3v) is 6.40. The van der Waals surface area contributed by atoms with Crippen molar-refractivity contribution in [2.45, 2.75) is 58.4 Å². The van der Waals surface area contributed by atoms with Gasteiger partial charge in [0, 0.05) is 30.0 Å². The molecule has 1 atom stereocenters. The predicted molar refractivity (Wildman–Crippen MR) is 132 cm³/mol. The number of fused-ring (bicyclic) bond motifs is 1. The van der Waals surface area contributed by atoms with E-state index in [9.17, 15) is 13.6 Å². The number of carbonyl (C=O) groups excluding carboxylic acids is 1. The number of halogens is 4. The molecule has 0 saturated carbocycles. The lowest BCUT2D eigenvalue weighted by molar-refractivity contribution is -0.130. The summed E-state index contributed by atoms with van der Waals surface area (Å²) in [5, 5.41) is 8.29. The fourth-order valence-corrected chi connectivity index (χ4v) is 4.48. The highest BCUT2D eigenvalue weighted by molar-refractivity contribution is 9.10. The van der Waals surface area contributed by atoms with E-state index in [2.05, 4.69) is 36.3 Å². The molecule has 0 spiro atoms. The highest BCUT2D eigenvalue weighted by Crippen LogP contribution is 2.36. The monoisotopic (exact) mass is 579 g/mol. The van der Waals surface area contributed by atoms with Crippen LogP contribution in [0.25, 0.3) is 11.1 Å². The second kappa shape index (κ2) is 11.7. The minimum Gasteiger partial charge on any atom is -0.456 e. The molecule has 0 bridgehead atoms. The molecule has 0 aliphatic carbocycles. The smallest absolute Gasteiger partial charge is 0.407 e. The molecule has 186 valence electrons. The molecule has 0 aromatic carbocycles. The van der Waals surface area contributed by atoms with Crippen molar-refractivity contribution in [2.24, 2.45) is 0 Å². The molecule has 3 heterocycles. The number of amides is 1. The number of nitrogens with one attached hydrogen (secondary N) is 2. The summed E-state index contributed by atoms with van der Waals surface area (Å²) in [6, 6.07) is 5.05. The van der Waals surface area contributed by atoms with E-state index < -0.39 is 24.3 Å². The van der Waals surface area contributed by atoms with Crippen LogP contribution in [0.15, 0.2) is 32.5 Å². The van der Waals surface area contributed by atoms with E-state index in [1.807, 2.05) is 17.5 Å². The van der Waals surface area contributed by atoms with Gasteiger partial charge in [-0.3, -0.25) is 0 Å². The first-order valence-corrected chi connectivity index (χ1v) is 12.5. The molecule has 3 rings (SSSR count). The average molecular weight is 581 g/mol. The lowest BCUT2D eigenvalue weighted by Crippen LogP contribution is -2.41. The first-order valence-electron chi connectivity index (χ1n) is 10.4. The molecule has 2 N–H and O–H groups in total. The Bertz CT molecular complexity index is 1110. The van der Waals surface area contributed by atoms with Gasteiger partial charge in [-0.1, -0.05) is 17.7 Å². The molecule has 3 aromatic rings. The highest BCUT2D eigenvalue weighted by atomic mass is 79.9. The van der Waals surface area contributed by atoms with Crippen LogP contribution in [0.3, 0.4) is 0 Å². The molecule has 0 saturated heterocycles. The van der Waals surface area contributed by atoms with Crippen molar-refractivity contribution in [3.8, 4) is 0 Å². The van der Waals surface area contributed by atoms with Crippen LogP contribution in [0.1, 0.15) is 37.8 Å². The maximum absolute atomic E-state index is 12.5. The van der Waals surface area contributed by atoms with E-state index in [0.29, 0.717) is 33.6 Å². The number of ether oxygens (including phenoxy) is 2. The molecule has 0 aliphatic heterocycles. The first-order chi connectivity index (χ1) is 16.0. The second-order valence-electron chi connectivity index (χ2n) is 8.41. The van der Waals surface area contributed by atoms with Crippen molar-refractivity contribution in [1.82, 2.24) is 10.3 Å². The maximum atomic E-state index is 12.5. The van der Waals surface area contributed by atoms with Gasteiger partial charge < -0.3 is 24.5 Å². The van der Waals surface area contributed by atoms with Crippen molar-refractivity contribution in [3.63, 3.8) is 0 Å². The van der Waals surface area contributed by atoms with Gasteiger partial charge in [-0.25, -0.2) is 9.78 Å². The Morgan fingerprint density at radius 3 is 2.79 bits per heavy atom. The zero-order valence-corrected chi connectivity index (χ0v) is 22.0. The van der Waals surface area contributed by atoms with Gasteiger partial charge in [0.2, 0.25) is 0 Å². The van der Waals surface area contributed by atoms with Gasteiger partial charge in [-0.15, -0.1) is 11.3 Å². The van der Waals surface area contributed by atoms with Crippen LogP contribution in [0.5, 0.6) is 0 Å². The van der Waals surface area contributed by atoms with Gasteiger partial charge in [-0.2, -0.15) is 8.78 Å². The number of hydrogen-bond acceptors (Lipinski definition) is 7. The van der Waals surface area contributed by atoms with Gasteiger partial charge in [0.25, 0.3) is 0 Å². The zero-order chi connectivity index (χ0) is 24.9. The number of aromatic nitrogens is 1. The minimum atomic E-state index is -2.90. The number of thiophene rings is 1. The van der Waals surface area contributed by atoms with E-state index in [1.165, 1.54) is 0 Å². The largest absolute Gasteiger partial charge is 0.456 e. The van der Waals surface area contributed by atoms with Crippen molar-refractivity contribution in [3.05, 3.63) is 43.8 Å². The van der Waals surface area contributed by atoms with E-state index >= 15 is 0 Å². The van der Waals surface area contributed by atoms with Crippen LogP contribution in [0.4, 0.5) is 19.3 Å². The Morgan fingerprint density at radius 2 is 2.15 bits per heavy atom. The molecule has 34 heavy (non-hydrogen) atoms. The van der Waals surface area contributed by atoms with Gasteiger partial charge in [0.05, 0.1) is 16.8 Å². The van der Waals surface area contributed by atoms with Crippen LogP contribution in [0, 0.1) is 0 Å². The molecular formula is C22H25BrClF2N3O4S. The van der Waals surface area contributed by atoms with Gasteiger partial charge in [0.15, 0.2) is 5.58 Å². The topological polar surface area (TPSA) is 85.6 Å². The minimum absolute atomic E-state index is 0.116. The van der Waals surface area contributed by atoms with Crippen LogP contribution in [-0.2, 0) is 22.4 Å². The summed E-state index contributed by atoms with van der Waals surface area (Å²) < 4.78 is 41.3. The molecular weight excluding hydrogens is 556 g/mol. The zero-order valence-electron chi connectivity index (χ0n) is 18.8. The Hall–Kier alpha value is -1.95. The Kier molecular flexibility index (Phi) is 9.14. The second-order valence-corrected chi connectivity index (χ2v) is 10.6. The number of nitrogens with zero attached hydrogens (tertiary/aromatic N) is 1. The molecule has 7 nitrogen and oxygen atoms in total. The van der Waals surface area contributed by atoms with Crippen molar-refractivity contribution >= 4 is 61.7 Å². The molecule has 12 heteroatoms. The summed E-state index contributed by atoms with van der Waals surface area (Å²) in [6.45, 7) is 2.62. The van der Waals surface area contributed by atoms with Crippen molar-refractivity contribution < 1.29 is 27.5 Å². The van der Waals surface area contributed by atoms with Crippen LogP contribution < -0.4 is 10.6 Å². The van der Waals surface area contributed by atoms with Crippen molar-refractivity contribution in [2.75, 3.05) is 11.9 Å². The summed E-state index contributed by atoms with van der Waals surface area (Å²) >= 11 is 11.4. The highest BCUT2D eigenvalue weighted by Gasteiger charge is 2.24. The predicted octanol–water partition coefficient (Wildman–Crippen LogP) is 6.98. The summed E-state index contributed by atoms with van der Waals surface area (Å²) in [6.07, 6.45) is -0.364. The maximum Gasteiger partial charge on any atom is 0.407 e. The number of pyridine rings is 1. The van der Waals surface area contributed by atoms with Crippen molar-refractivity contribution in [1.29, 1.82) is 0 Å². The standard InChI is InChI=1S/C22H25BrClF2N3O4S/c1-22(2,3)33-21(30)28-12(6-7-31-20(25)26)9-15-17(23)18-19(32-15)14(10-16(24)29-18)27-11-13-5-4-8-34-13/h4-5,8,10,12,20H,6-7,9,11H2,1-3H3,(H,27,29)(H,28,30)/t12-/m0/s1. The fraction of sp³-hybridized carbons (Fsp3) is 0.455. The third-order valence-electron chi connectivity index (χ3n) is 4.52. The third kappa shape index (κ3) is 7.79. The number of rotatable bonds is 10. The van der Waals surface area contributed by atoms with Crippen LogP contribution in [0.2, 0.25) is 5.15 Å². The SMILES string of the molecule is CC(C)(C)OC(=O)N[C@@H](CCOC(F)F)Cc1oc2c(NCc3cccs3)cc(Cl)nc2c1Br. The number of carbonyl (C=O) groups is 1. The lowest BCUT2D eigenvalue weighted by Gasteiger charge is -2.23. The average Bonchev–Trinajstić information content (AvgIpc) is 3.33. The molecule has 0 radical (unpaired) electrons. The molecule has 0 fully saturated rings. The van der Waals surface area contributed by atoms with E-state index in [4.69, 9.17) is 20.8 Å².